The second-order valence-corrected chi connectivity index (χ2v) is 6.26. The number of nitrogens with zero attached hydrogens (tertiary/aromatic N) is 3. The predicted molar refractivity (Wildman–Crippen MR) is 99.2 cm³/mol. The van der Waals surface area contributed by atoms with Gasteiger partial charge in [-0.3, -0.25) is 4.90 Å². The number of halogens is 1. The number of hydrogen-bond acceptors (Lipinski definition) is 5. The van der Waals surface area contributed by atoms with Crippen molar-refractivity contribution >= 4 is 11.6 Å². The van der Waals surface area contributed by atoms with Crippen LogP contribution in [0.3, 0.4) is 0 Å². The molecule has 130 valence electrons. The first-order chi connectivity index (χ1) is 12.2. The molecule has 0 unspecified atom stereocenters. The van der Waals surface area contributed by atoms with Crippen molar-refractivity contribution in [2.24, 2.45) is 5.73 Å². The van der Waals surface area contributed by atoms with E-state index >= 15 is 0 Å². The van der Waals surface area contributed by atoms with Crippen LogP contribution in [0.1, 0.15) is 11.5 Å². The highest BCUT2D eigenvalue weighted by atomic mass is 35.5. The summed E-state index contributed by atoms with van der Waals surface area (Å²) >= 11 is 6.02. The molecule has 1 aromatic heterocycles. The second-order valence-electron chi connectivity index (χ2n) is 5.82. The van der Waals surface area contributed by atoms with E-state index in [4.69, 9.17) is 21.9 Å². The first-order valence-electron chi connectivity index (χ1n) is 8.29. The van der Waals surface area contributed by atoms with Crippen molar-refractivity contribution in [2.45, 2.75) is 13.0 Å². The van der Waals surface area contributed by atoms with Gasteiger partial charge in [0.25, 0.3) is 0 Å². The lowest BCUT2D eigenvalue weighted by molar-refractivity contribution is 0.234. The summed E-state index contributed by atoms with van der Waals surface area (Å²) < 4.78 is 5.40. The van der Waals surface area contributed by atoms with Crippen LogP contribution in [0.4, 0.5) is 0 Å². The largest absolute Gasteiger partial charge is 0.338 e. The molecule has 0 bridgehead atoms. The van der Waals surface area contributed by atoms with Gasteiger partial charge in [-0.15, -0.1) is 0 Å². The zero-order valence-electron chi connectivity index (χ0n) is 13.9. The molecule has 0 atom stereocenters. The predicted octanol–water partition coefficient (Wildman–Crippen LogP) is 3.39. The smallest absolute Gasteiger partial charge is 0.241 e. The Labute approximate surface area is 152 Å². The molecule has 0 radical (unpaired) electrons. The van der Waals surface area contributed by atoms with Gasteiger partial charge >= 0.3 is 0 Å². The lowest BCUT2D eigenvalue weighted by Crippen LogP contribution is -2.31. The third-order valence-electron chi connectivity index (χ3n) is 3.91. The number of aromatic nitrogens is 2. The minimum absolute atomic E-state index is 0.549. The molecule has 0 aliphatic carbocycles. The van der Waals surface area contributed by atoms with Gasteiger partial charge in [0, 0.05) is 30.2 Å². The van der Waals surface area contributed by atoms with Gasteiger partial charge in [0.15, 0.2) is 0 Å². The lowest BCUT2D eigenvalue weighted by atomic mass is 10.1. The Kier molecular flexibility index (Phi) is 6.17. The Bertz CT molecular complexity index is 791. The van der Waals surface area contributed by atoms with Gasteiger partial charge in [-0.1, -0.05) is 59.2 Å². The van der Waals surface area contributed by atoms with Crippen LogP contribution in [0, 0.1) is 0 Å². The molecule has 6 heteroatoms. The second kappa shape index (κ2) is 8.76. The first-order valence-corrected chi connectivity index (χ1v) is 8.67. The SMILES string of the molecule is NCCN(CCc1ccccc1)Cc1nc(-c2cccc(Cl)c2)no1. The maximum Gasteiger partial charge on any atom is 0.241 e. The molecule has 2 N–H and O–H groups in total. The van der Waals surface area contributed by atoms with Crippen LogP contribution in [-0.2, 0) is 13.0 Å². The summed E-state index contributed by atoms with van der Waals surface area (Å²) in [6, 6.07) is 17.8. The first kappa shape index (κ1) is 17.6. The summed E-state index contributed by atoms with van der Waals surface area (Å²) in [7, 11) is 0. The summed E-state index contributed by atoms with van der Waals surface area (Å²) in [5.41, 5.74) is 7.89. The van der Waals surface area contributed by atoms with Crippen molar-refractivity contribution in [3.05, 3.63) is 71.1 Å². The van der Waals surface area contributed by atoms with E-state index in [9.17, 15) is 0 Å². The summed E-state index contributed by atoms with van der Waals surface area (Å²) in [4.78, 5) is 6.70. The number of hydrogen-bond donors (Lipinski definition) is 1. The van der Waals surface area contributed by atoms with Crippen molar-refractivity contribution in [3.8, 4) is 11.4 Å². The Morgan fingerprint density at radius 1 is 1.04 bits per heavy atom. The molecule has 0 saturated carbocycles. The van der Waals surface area contributed by atoms with E-state index in [1.54, 1.807) is 0 Å². The summed E-state index contributed by atoms with van der Waals surface area (Å²) in [5.74, 6) is 1.13. The molecular formula is C19H21ClN4O. The quantitative estimate of drug-likeness (QED) is 0.670. The van der Waals surface area contributed by atoms with Gasteiger partial charge in [-0.2, -0.15) is 4.98 Å². The van der Waals surface area contributed by atoms with E-state index in [1.165, 1.54) is 5.56 Å². The van der Waals surface area contributed by atoms with Gasteiger partial charge in [-0.05, 0) is 24.1 Å². The van der Waals surface area contributed by atoms with Crippen LogP contribution in [0.2, 0.25) is 5.02 Å². The van der Waals surface area contributed by atoms with Gasteiger partial charge in [-0.25, -0.2) is 0 Å². The fraction of sp³-hybridized carbons (Fsp3) is 0.263. The maximum atomic E-state index is 6.02. The van der Waals surface area contributed by atoms with Crippen molar-refractivity contribution in [1.29, 1.82) is 0 Å². The highest BCUT2D eigenvalue weighted by Crippen LogP contribution is 2.20. The van der Waals surface area contributed by atoms with Crippen LogP contribution in [0.5, 0.6) is 0 Å². The molecule has 0 saturated heterocycles. The summed E-state index contributed by atoms with van der Waals surface area (Å²) in [6.07, 6.45) is 0.954. The van der Waals surface area contributed by atoms with E-state index in [0.717, 1.165) is 25.1 Å². The monoisotopic (exact) mass is 356 g/mol. The molecule has 0 spiro atoms. The Morgan fingerprint density at radius 2 is 1.88 bits per heavy atom. The van der Waals surface area contributed by atoms with Crippen LogP contribution >= 0.6 is 11.6 Å². The lowest BCUT2D eigenvalue weighted by Gasteiger charge is -2.19. The third kappa shape index (κ3) is 5.13. The van der Waals surface area contributed by atoms with Gasteiger partial charge in [0.2, 0.25) is 11.7 Å². The average molecular weight is 357 g/mol. The third-order valence-corrected chi connectivity index (χ3v) is 4.15. The number of nitrogens with two attached hydrogens (primary N) is 1. The molecule has 2 aromatic carbocycles. The fourth-order valence-corrected chi connectivity index (χ4v) is 2.83. The molecule has 0 aliphatic heterocycles. The highest BCUT2D eigenvalue weighted by Gasteiger charge is 2.13. The van der Waals surface area contributed by atoms with E-state index in [1.807, 2.05) is 30.3 Å². The zero-order chi connectivity index (χ0) is 17.5. The molecule has 0 fully saturated rings. The van der Waals surface area contributed by atoms with Crippen LogP contribution < -0.4 is 5.73 Å². The fourth-order valence-electron chi connectivity index (χ4n) is 2.64. The molecule has 3 aromatic rings. The van der Waals surface area contributed by atoms with Crippen LogP contribution in [0.15, 0.2) is 59.1 Å². The number of benzene rings is 2. The Morgan fingerprint density at radius 3 is 2.64 bits per heavy atom. The zero-order valence-corrected chi connectivity index (χ0v) is 14.7. The average Bonchev–Trinajstić information content (AvgIpc) is 3.09. The van der Waals surface area contributed by atoms with E-state index in [-0.39, 0.29) is 0 Å². The standard InChI is InChI=1S/C19H21ClN4O/c20-17-8-4-7-16(13-17)19-22-18(25-23-19)14-24(12-10-21)11-9-15-5-2-1-3-6-15/h1-8,13H,9-12,14,21H2. The maximum absolute atomic E-state index is 6.02. The normalized spacial score (nSPS) is 11.2. The van der Waals surface area contributed by atoms with Crippen molar-refractivity contribution in [3.63, 3.8) is 0 Å². The van der Waals surface area contributed by atoms with Gasteiger partial charge in [0.1, 0.15) is 0 Å². The molecule has 25 heavy (non-hydrogen) atoms. The number of rotatable bonds is 8. The van der Waals surface area contributed by atoms with E-state index in [2.05, 4.69) is 39.3 Å². The molecule has 0 aliphatic rings. The molecular weight excluding hydrogens is 336 g/mol. The van der Waals surface area contributed by atoms with Crippen molar-refractivity contribution in [1.82, 2.24) is 15.0 Å². The topological polar surface area (TPSA) is 68.2 Å². The molecule has 5 nitrogen and oxygen atoms in total. The van der Waals surface area contributed by atoms with Crippen molar-refractivity contribution in [2.75, 3.05) is 19.6 Å². The van der Waals surface area contributed by atoms with E-state index in [0.29, 0.717) is 29.8 Å². The van der Waals surface area contributed by atoms with Crippen molar-refractivity contribution < 1.29 is 4.52 Å². The highest BCUT2D eigenvalue weighted by molar-refractivity contribution is 6.30. The molecule has 0 amide bonds. The minimum atomic E-state index is 0.549. The van der Waals surface area contributed by atoms with E-state index < -0.39 is 0 Å². The summed E-state index contributed by atoms with van der Waals surface area (Å²) in [5, 5.41) is 4.71. The Balaban J connectivity index is 1.64. The summed E-state index contributed by atoms with van der Waals surface area (Å²) in [6.45, 7) is 2.83. The van der Waals surface area contributed by atoms with Gasteiger partial charge in [0.05, 0.1) is 6.54 Å². The molecule has 3 rings (SSSR count). The van der Waals surface area contributed by atoms with Crippen LogP contribution in [-0.4, -0.2) is 34.7 Å². The van der Waals surface area contributed by atoms with Crippen LogP contribution in [0.25, 0.3) is 11.4 Å². The Hall–Kier alpha value is -2.21. The molecule has 1 heterocycles. The minimum Gasteiger partial charge on any atom is -0.338 e. The van der Waals surface area contributed by atoms with Gasteiger partial charge < -0.3 is 10.3 Å².